The first-order valence-corrected chi connectivity index (χ1v) is 5.05. The Morgan fingerprint density at radius 3 is 2.80 bits per heavy atom. The monoisotopic (exact) mass is 217 g/mol. The molecule has 2 atom stereocenters. The fraction of sp³-hybridized carbons (Fsp3) is 0.636. The van der Waals surface area contributed by atoms with Crippen LogP contribution in [0, 0.1) is 5.92 Å². The molecule has 0 saturated carbocycles. The second kappa shape index (κ2) is 5.26. The molecule has 0 aromatic rings. The fourth-order valence-electron chi connectivity index (χ4n) is 1.50. The summed E-state index contributed by atoms with van der Waals surface area (Å²) in [7, 11) is 0. The average molecular weight is 217 g/mol. The molecule has 0 heterocycles. The molecule has 1 aliphatic carbocycles. The number of allylic oxidation sites excluding steroid dienone is 3. The van der Waals surface area contributed by atoms with Crippen LogP contribution < -0.4 is 5.73 Å². The summed E-state index contributed by atoms with van der Waals surface area (Å²) in [6.45, 7) is 3.22. The second-order valence-corrected chi connectivity index (χ2v) is 3.89. The summed E-state index contributed by atoms with van der Waals surface area (Å²) in [4.78, 5) is 0. The van der Waals surface area contributed by atoms with Crippen LogP contribution in [0.2, 0.25) is 0 Å². The van der Waals surface area contributed by atoms with Crippen LogP contribution in [-0.2, 0) is 4.74 Å². The van der Waals surface area contributed by atoms with Gasteiger partial charge in [-0.3, -0.25) is 0 Å². The number of ether oxygens (including phenoxy) is 1. The number of alkyl halides is 2. The van der Waals surface area contributed by atoms with E-state index in [1.165, 1.54) is 0 Å². The molecule has 2 N–H and O–H groups in total. The van der Waals surface area contributed by atoms with Crippen molar-refractivity contribution in [2.45, 2.75) is 32.7 Å². The zero-order chi connectivity index (χ0) is 11.4. The van der Waals surface area contributed by atoms with Crippen molar-refractivity contribution in [1.82, 2.24) is 0 Å². The molecular weight excluding hydrogens is 200 g/mol. The summed E-state index contributed by atoms with van der Waals surface area (Å²) in [5, 5.41) is 0. The Morgan fingerprint density at radius 2 is 2.27 bits per heavy atom. The summed E-state index contributed by atoms with van der Waals surface area (Å²) in [5.74, 6) is 0.821. The summed E-state index contributed by atoms with van der Waals surface area (Å²) < 4.78 is 29.0. The Bertz CT molecular complexity index is 272. The Labute approximate surface area is 88.8 Å². The highest BCUT2D eigenvalue weighted by Crippen LogP contribution is 2.26. The van der Waals surface area contributed by atoms with Crippen molar-refractivity contribution >= 4 is 0 Å². The van der Waals surface area contributed by atoms with Crippen molar-refractivity contribution in [2.24, 2.45) is 11.7 Å². The van der Waals surface area contributed by atoms with Gasteiger partial charge in [-0.05, 0) is 25.3 Å². The van der Waals surface area contributed by atoms with Gasteiger partial charge in [0.25, 0.3) is 6.43 Å². The molecule has 1 unspecified atom stereocenters. The molecule has 0 fully saturated rings. The Morgan fingerprint density at radius 1 is 1.60 bits per heavy atom. The Kier molecular flexibility index (Phi) is 4.27. The number of rotatable bonds is 4. The van der Waals surface area contributed by atoms with Crippen LogP contribution in [0.4, 0.5) is 8.78 Å². The molecule has 0 bridgehead atoms. The van der Waals surface area contributed by atoms with E-state index >= 15 is 0 Å². The largest absolute Gasteiger partial charge is 0.492 e. The van der Waals surface area contributed by atoms with Crippen LogP contribution in [0.25, 0.3) is 0 Å². The number of nitrogens with two attached hydrogens (primary N) is 1. The second-order valence-electron chi connectivity index (χ2n) is 3.89. The van der Waals surface area contributed by atoms with E-state index in [1.54, 1.807) is 0 Å². The molecular formula is C11H17F2NO. The van der Waals surface area contributed by atoms with Gasteiger partial charge in [0.05, 0.1) is 5.76 Å². The van der Waals surface area contributed by atoms with Gasteiger partial charge >= 0.3 is 0 Å². The van der Waals surface area contributed by atoms with Gasteiger partial charge < -0.3 is 10.5 Å². The molecule has 0 spiro atoms. The van der Waals surface area contributed by atoms with Crippen molar-refractivity contribution in [2.75, 3.05) is 6.61 Å². The molecule has 2 nitrogen and oxygen atoms in total. The van der Waals surface area contributed by atoms with Gasteiger partial charge in [-0.15, -0.1) is 0 Å². The molecule has 0 radical (unpaired) electrons. The Balaban J connectivity index is 2.58. The number of hydrogen-bond acceptors (Lipinski definition) is 2. The van der Waals surface area contributed by atoms with Crippen LogP contribution >= 0.6 is 0 Å². The van der Waals surface area contributed by atoms with E-state index in [0.29, 0.717) is 12.2 Å². The highest BCUT2D eigenvalue weighted by atomic mass is 19.3. The maximum atomic E-state index is 12.0. The normalized spacial score (nSPS) is 23.5. The van der Waals surface area contributed by atoms with Crippen LogP contribution in [-0.4, -0.2) is 19.1 Å². The molecule has 15 heavy (non-hydrogen) atoms. The van der Waals surface area contributed by atoms with Crippen LogP contribution in [0.5, 0.6) is 0 Å². The van der Waals surface area contributed by atoms with Gasteiger partial charge in [-0.25, -0.2) is 8.78 Å². The number of hydrogen-bond donors (Lipinski definition) is 1. The van der Waals surface area contributed by atoms with Gasteiger partial charge in [0.15, 0.2) is 0 Å². The molecule has 86 valence electrons. The maximum absolute atomic E-state index is 12.0. The van der Waals surface area contributed by atoms with Crippen molar-refractivity contribution < 1.29 is 13.5 Å². The summed E-state index contributed by atoms with van der Waals surface area (Å²) in [5.41, 5.74) is 6.66. The van der Waals surface area contributed by atoms with Gasteiger partial charge in [0.1, 0.15) is 6.61 Å². The van der Waals surface area contributed by atoms with Crippen LogP contribution in [0.1, 0.15) is 20.3 Å². The smallest absolute Gasteiger partial charge is 0.272 e. The lowest BCUT2D eigenvalue weighted by molar-refractivity contribution is 0.0431. The minimum absolute atomic E-state index is 0.0134. The van der Waals surface area contributed by atoms with Gasteiger partial charge in [0, 0.05) is 12.5 Å². The maximum Gasteiger partial charge on any atom is 0.272 e. The fourth-order valence-corrected chi connectivity index (χ4v) is 1.50. The summed E-state index contributed by atoms with van der Waals surface area (Å²) in [6.07, 6.45) is 2.09. The zero-order valence-corrected chi connectivity index (χ0v) is 9.04. The molecule has 0 amide bonds. The lowest BCUT2D eigenvalue weighted by atomic mass is 9.90. The van der Waals surface area contributed by atoms with E-state index in [0.717, 1.165) is 5.57 Å². The van der Waals surface area contributed by atoms with Gasteiger partial charge in [-0.2, -0.15) is 0 Å². The minimum atomic E-state index is -2.43. The topological polar surface area (TPSA) is 35.2 Å². The van der Waals surface area contributed by atoms with Gasteiger partial charge in [-0.1, -0.05) is 12.2 Å². The van der Waals surface area contributed by atoms with Crippen LogP contribution in [0.15, 0.2) is 23.5 Å². The molecule has 0 saturated heterocycles. The minimum Gasteiger partial charge on any atom is -0.492 e. The molecule has 0 aromatic carbocycles. The SMILES string of the molecule is CC1=C(OCC(F)F)C[C@@H](C(C)N)C=C1. The highest BCUT2D eigenvalue weighted by Gasteiger charge is 2.19. The highest BCUT2D eigenvalue weighted by molar-refractivity contribution is 5.26. The quantitative estimate of drug-likeness (QED) is 0.785. The Hall–Kier alpha value is -0.900. The van der Waals surface area contributed by atoms with E-state index in [-0.39, 0.29) is 12.0 Å². The van der Waals surface area contributed by atoms with Crippen molar-refractivity contribution in [1.29, 1.82) is 0 Å². The predicted molar refractivity (Wildman–Crippen MR) is 55.6 cm³/mol. The number of halogens is 2. The lowest BCUT2D eigenvalue weighted by Gasteiger charge is -2.24. The van der Waals surface area contributed by atoms with Crippen LogP contribution in [0.3, 0.4) is 0 Å². The van der Waals surface area contributed by atoms with E-state index in [2.05, 4.69) is 0 Å². The van der Waals surface area contributed by atoms with Crippen molar-refractivity contribution in [3.05, 3.63) is 23.5 Å². The third kappa shape index (κ3) is 3.63. The van der Waals surface area contributed by atoms with Crippen molar-refractivity contribution in [3.8, 4) is 0 Å². The summed E-state index contributed by atoms with van der Waals surface area (Å²) in [6, 6.07) is 0.0134. The van der Waals surface area contributed by atoms with Crippen molar-refractivity contribution in [3.63, 3.8) is 0 Å². The first-order chi connectivity index (χ1) is 7.00. The first kappa shape index (κ1) is 12.2. The lowest BCUT2D eigenvalue weighted by Crippen LogP contribution is -2.27. The third-order valence-corrected chi connectivity index (χ3v) is 2.51. The summed E-state index contributed by atoms with van der Waals surface area (Å²) >= 11 is 0. The van der Waals surface area contributed by atoms with Gasteiger partial charge in [0.2, 0.25) is 0 Å². The zero-order valence-electron chi connectivity index (χ0n) is 9.04. The molecule has 1 aliphatic rings. The predicted octanol–water partition coefficient (Wildman–Crippen LogP) is 2.47. The molecule has 4 heteroatoms. The van der Waals surface area contributed by atoms with E-state index in [4.69, 9.17) is 10.5 Å². The van der Waals surface area contributed by atoms with E-state index in [9.17, 15) is 8.78 Å². The van der Waals surface area contributed by atoms with E-state index in [1.807, 2.05) is 26.0 Å². The standard InChI is InChI=1S/C11H17F2NO/c1-7-3-4-9(8(2)14)5-10(7)15-6-11(12)13/h3-4,8-9,11H,5-6,14H2,1-2H3/t8?,9-/m0/s1. The molecule has 0 aromatic heterocycles. The van der Waals surface area contributed by atoms with E-state index < -0.39 is 13.0 Å². The first-order valence-electron chi connectivity index (χ1n) is 5.05. The molecule has 0 aliphatic heterocycles. The molecule has 1 rings (SSSR count). The average Bonchev–Trinajstić information content (AvgIpc) is 2.16. The third-order valence-electron chi connectivity index (χ3n) is 2.51.